The second-order valence-corrected chi connectivity index (χ2v) is 5.34. The maximum Gasteiger partial charge on any atom is 0.124 e. The van der Waals surface area contributed by atoms with E-state index in [-0.39, 0.29) is 6.10 Å². The van der Waals surface area contributed by atoms with Gasteiger partial charge in [-0.3, -0.25) is 0 Å². The number of hydrogen-bond acceptors (Lipinski definition) is 3. The van der Waals surface area contributed by atoms with Crippen molar-refractivity contribution < 1.29 is 4.74 Å². The van der Waals surface area contributed by atoms with Gasteiger partial charge >= 0.3 is 0 Å². The van der Waals surface area contributed by atoms with Crippen LogP contribution in [0.3, 0.4) is 0 Å². The molecule has 0 aliphatic carbocycles. The molecule has 0 aliphatic heterocycles. The van der Waals surface area contributed by atoms with Gasteiger partial charge in [0.15, 0.2) is 0 Å². The molecule has 84 valence electrons. The van der Waals surface area contributed by atoms with Crippen molar-refractivity contribution in [3.05, 3.63) is 34.2 Å². The van der Waals surface area contributed by atoms with Crippen LogP contribution in [0.4, 0.5) is 0 Å². The van der Waals surface area contributed by atoms with Crippen molar-refractivity contribution in [1.82, 2.24) is 4.98 Å². The first kappa shape index (κ1) is 11.6. The maximum atomic E-state index is 5.65. The minimum Gasteiger partial charge on any atom is -0.491 e. The molecule has 1 aromatic carbocycles. The Morgan fingerprint density at radius 1 is 1.38 bits per heavy atom. The highest BCUT2D eigenvalue weighted by Crippen LogP contribution is 2.28. The van der Waals surface area contributed by atoms with E-state index < -0.39 is 0 Å². The molecular weight excluding hydrogens is 286 g/mol. The summed E-state index contributed by atoms with van der Waals surface area (Å²) < 4.78 is 6.53. The number of nitrogens with zero attached hydrogens (tertiary/aromatic N) is 1. The van der Waals surface area contributed by atoms with Crippen molar-refractivity contribution in [1.29, 1.82) is 0 Å². The highest BCUT2D eigenvalue weighted by Gasteiger charge is 2.05. The Morgan fingerprint density at radius 3 is 2.81 bits per heavy atom. The van der Waals surface area contributed by atoms with Crippen LogP contribution in [0.25, 0.3) is 10.6 Å². The standard InChI is InChI=1S/C12H12BrNOS/c1-8(2)15-10-5-3-4-9(6-10)12-14-11(13)7-16-12/h3-8H,1-2H3. The first-order chi connectivity index (χ1) is 7.65. The molecule has 0 fully saturated rings. The first-order valence-corrected chi connectivity index (χ1v) is 6.70. The predicted octanol–water partition coefficient (Wildman–Crippen LogP) is 4.36. The van der Waals surface area contributed by atoms with E-state index in [1.807, 2.05) is 43.5 Å². The zero-order chi connectivity index (χ0) is 11.5. The number of rotatable bonds is 3. The minimum atomic E-state index is 0.193. The highest BCUT2D eigenvalue weighted by molar-refractivity contribution is 9.10. The number of halogens is 1. The first-order valence-electron chi connectivity index (χ1n) is 5.03. The lowest BCUT2D eigenvalue weighted by molar-refractivity contribution is 0.242. The molecule has 16 heavy (non-hydrogen) atoms. The van der Waals surface area contributed by atoms with Crippen LogP contribution in [0.1, 0.15) is 13.8 Å². The summed E-state index contributed by atoms with van der Waals surface area (Å²) in [6.45, 7) is 4.04. The molecule has 1 heterocycles. The van der Waals surface area contributed by atoms with E-state index in [0.29, 0.717) is 0 Å². The van der Waals surface area contributed by atoms with Gasteiger partial charge < -0.3 is 4.74 Å². The van der Waals surface area contributed by atoms with E-state index in [4.69, 9.17) is 4.74 Å². The lowest BCUT2D eigenvalue weighted by Crippen LogP contribution is -2.05. The summed E-state index contributed by atoms with van der Waals surface area (Å²) in [7, 11) is 0. The van der Waals surface area contributed by atoms with Gasteiger partial charge in [-0.05, 0) is 41.9 Å². The molecule has 0 saturated carbocycles. The molecule has 0 spiro atoms. The predicted molar refractivity (Wildman–Crippen MR) is 71.0 cm³/mol. The fourth-order valence-electron chi connectivity index (χ4n) is 1.36. The lowest BCUT2D eigenvalue weighted by Gasteiger charge is -2.09. The summed E-state index contributed by atoms with van der Waals surface area (Å²) in [5.74, 6) is 0.888. The van der Waals surface area contributed by atoms with Gasteiger partial charge in [-0.1, -0.05) is 12.1 Å². The second-order valence-electron chi connectivity index (χ2n) is 3.67. The van der Waals surface area contributed by atoms with E-state index in [1.165, 1.54) is 0 Å². The Hall–Kier alpha value is -0.870. The van der Waals surface area contributed by atoms with E-state index in [0.717, 1.165) is 20.9 Å². The van der Waals surface area contributed by atoms with Crippen molar-refractivity contribution in [2.45, 2.75) is 20.0 Å². The van der Waals surface area contributed by atoms with Crippen LogP contribution in [0.15, 0.2) is 34.2 Å². The van der Waals surface area contributed by atoms with Gasteiger partial charge in [-0.2, -0.15) is 0 Å². The molecule has 4 heteroatoms. The fourth-order valence-corrected chi connectivity index (χ4v) is 2.61. The summed E-state index contributed by atoms with van der Waals surface area (Å²) in [4.78, 5) is 4.38. The van der Waals surface area contributed by atoms with Crippen molar-refractivity contribution in [2.24, 2.45) is 0 Å². The van der Waals surface area contributed by atoms with Crippen LogP contribution in [-0.4, -0.2) is 11.1 Å². The highest BCUT2D eigenvalue weighted by atomic mass is 79.9. The average Bonchev–Trinajstić information content (AvgIpc) is 2.64. The third-order valence-corrected chi connectivity index (χ3v) is 3.53. The summed E-state index contributed by atoms with van der Waals surface area (Å²) in [5, 5.41) is 2.98. The molecule has 0 saturated heterocycles. The third kappa shape index (κ3) is 2.83. The largest absolute Gasteiger partial charge is 0.491 e. The smallest absolute Gasteiger partial charge is 0.124 e. The van der Waals surface area contributed by atoms with Gasteiger partial charge in [0.25, 0.3) is 0 Å². The number of thiazole rings is 1. The molecular formula is C12H12BrNOS. The van der Waals surface area contributed by atoms with E-state index in [9.17, 15) is 0 Å². The van der Waals surface area contributed by atoms with Gasteiger partial charge in [0.05, 0.1) is 6.10 Å². The average molecular weight is 298 g/mol. The molecule has 2 rings (SSSR count). The molecule has 0 amide bonds. The summed E-state index contributed by atoms with van der Waals surface area (Å²) in [5.41, 5.74) is 1.09. The van der Waals surface area contributed by atoms with E-state index in [1.54, 1.807) is 11.3 Å². The normalized spacial score (nSPS) is 10.8. The van der Waals surface area contributed by atoms with Gasteiger partial charge in [0.1, 0.15) is 15.4 Å². The molecule has 1 aromatic heterocycles. The summed E-state index contributed by atoms with van der Waals surface area (Å²) in [6, 6.07) is 8.01. The number of hydrogen-bond donors (Lipinski definition) is 0. The zero-order valence-electron chi connectivity index (χ0n) is 9.11. The van der Waals surface area contributed by atoms with Crippen molar-refractivity contribution in [3.63, 3.8) is 0 Å². The molecule has 0 unspecified atom stereocenters. The molecule has 2 aromatic rings. The second kappa shape index (κ2) is 4.97. The quantitative estimate of drug-likeness (QED) is 0.840. The fraction of sp³-hybridized carbons (Fsp3) is 0.250. The molecule has 2 nitrogen and oxygen atoms in total. The number of ether oxygens (including phenoxy) is 1. The Balaban J connectivity index is 2.28. The van der Waals surface area contributed by atoms with Gasteiger partial charge in [-0.25, -0.2) is 4.98 Å². The van der Waals surface area contributed by atoms with Gasteiger partial charge in [-0.15, -0.1) is 11.3 Å². The van der Waals surface area contributed by atoms with Crippen LogP contribution >= 0.6 is 27.3 Å². The molecule has 0 atom stereocenters. The van der Waals surface area contributed by atoms with Crippen molar-refractivity contribution in [2.75, 3.05) is 0 Å². The Bertz CT molecular complexity index is 481. The summed E-state index contributed by atoms with van der Waals surface area (Å²) in [6.07, 6.45) is 0.193. The molecule has 0 aliphatic rings. The maximum absolute atomic E-state index is 5.65. The van der Waals surface area contributed by atoms with Crippen LogP contribution in [0.5, 0.6) is 5.75 Å². The van der Waals surface area contributed by atoms with Crippen LogP contribution in [-0.2, 0) is 0 Å². The van der Waals surface area contributed by atoms with E-state index >= 15 is 0 Å². The molecule has 0 bridgehead atoms. The monoisotopic (exact) mass is 297 g/mol. The van der Waals surface area contributed by atoms with Crippen molar-refractivity contribution in [3.8, 4) is 16.3 Å². The minimum absolute atomic E-state index is 0.193. The van der Waals surface area contributed by atoms with Crippen LogP contribution < -0.4 is 4.74 Å². The third-order valence-electron chi connectivity index (χ3n) is 1.93. The Morgan fingerprint density at radius 2 is 2.19 bits per heavy atom. The van der Waals surface area contributed by atoms with Crippen molar-refractivity contribution >= 4 is 27.3 Å². The topological polar surface area (TPSA) is 22.1 Å². The van der Waals surface area contributed by atoms with Gasteiger partial charge in [0, 0.05) is 10.9 Å². The Kier molecular flexibility index (Phi) is 3.61. The Labute approximate surface area is 107 Å². The van der Waals surface area contributed by atoms with Crippen LogP contribution in [0, 0.1) is 0 Å². The summed E-state index contributed by atoms with van der Waals surface area (Å²) >= 11 is 4.97. The molecule has 0 N–H and O–H groups in total. The van der Waals surface area contributed by atoms with E-state index in [2.05, 4.69) is 20.9 Å². The molecule has 0 radical (unpaired) electrons. The SMILES string of the molecule is CC(C)Oc1cccc(-c2nc(Br)cs2)c1. The zero-order valence-corrected chi connectivity index (χ0v) is 11.5. The van der Waals surface area contributed by atoms with Crippen LogP contribution in [0.2, 0.25) is 0 Å². The number of aromatic nitrogens is 1. The van der Waals surface area contributed by atoms with Gasteiger partial charge in [0.2, 0.25) is 0 Å². The lowest BCUT2D eigenvalue weighted by atomic mass is 10.2. The number of benzene rings is 1.